The molecule has 3 nitrogen and oxygen atoms in total. The molecule has 1 amide bonds. The highest BCUT2D eigenvalue weighted by Crippen LogP contribution is 2.23. The first kappa shape index (κ1) is 14.5. The van der Waals surface area contributed by atoms with Gasteiger partial charge >= 0.3 is 0 Å². The molecule has 1 fully saturated rings. The third-order valence-electron chi connectivity index (χ3n) is 3.64. The summed E-state index contributed by atoms with van der Waals surface area (Å²) in [7, 11) is 0. The zero-order valence-electron chi connectivity index (χ0n) is 11.4. The topological polar surface area (TPSA) is 40.5 Å². The number of halogens is 1. The van der Waals surface area contributed by atoms with Crippen LogP contribution in [-0.4, -0.2) is 34.6 Å². The molecule has 0 aliphatic carbocycles. The van der Waals surface area contributed by atoms with Crippen molar-refractivity contribution in [2.45, 2.75) is 38.7 Å². The summed E-state index contributed by atoms with van der Waals surface area (Å²) in [5.74, 6) is 0.0575. The van der Waals surface area contributed by atoms with Crippen molar-refractivity contribution in [1.82, 2.24) is 4.90 Å². The molecular formula is C15H20BrNO2. The van der Waals surface area contributed by atoms with E-state index in [-0.39, 0.29) is 5.91 Å². The summed E-state index contributed by atoms with van der Waals surface area (Å²) in [6, 6.07) is 5.76. The smallest absolute Gasteiger partial charge is 0.253 e. The number of hydrogen-bond acceptors (Lipinski definition) is 2. The van der Waals surface area contributed by atoms with Crippen LogP contribution in [0.4, 0.5) is 0 Å². The molecule has 1 aliphatic rings. The molecule has 1 aromatic carbocycles. The van der Waals surface area contributed by atoms with E-state index in [0.717, 1.165) is 29.4 Å². The summed E-state index contributed by atoms with van der Waals surface area (Å²) in [4.78, 5) is 14.3. The lowest BCUT2D eigenvalue weighted by atomic mass is 9.98. The number of hydrogen-bond donors (Lipinski definition) is 1. The first-order chi connectivity index (χ1) is 8.87. The average Bonchev–Trinajstić information content (AvgIpc) is 2.48. The van der Waals surface area contributed by atoms with Crippen molar-refractivity contribution in [3.05, 3.63) is 33.8 Å². The Morgan fingerprint density at radius 1 is 1.32 bits per heavy atom. The normalized spacial score (nSPS) is 24.1. The lowest BCUT2D eigenvalue weighted by Crippen LogP contribution is -2.33. The predicted octanol–water partition coefficient (Wildman–Crippen LogP) is 3.13. The molecule has 2 rings (SSSR count). The van der Waals surface area contributed by atoms with E-state index in [0.29, 0.717) is 18.5 Å². The molecule has 0 bridgehead atoms. The van der Waals surface area contributed by atoms with Crippen LogP contribution in [0.5, 0.6) is 0 Å². The van der Waals surface area contributed by atoms with Gasteiger partial charge in [0.25, 0.3) is 5.91 Å². The molecule has 19 heavy (non-hydrogen) atoms. The Morgan fingerprint density at radius 3 is 2.74 bits per heavy atom. The number of amides is 1. The SMILES string of the molecule is Cc1cc(Br)cc(C(=O)N2CCCC(C)(O)CC2)c1. The summed E-state index contributed by atoms with van der Waals surface area (Å²) < 4.78 is 0.928. The Labute approximate surface area is 122 Å². The van der Waals surface area contributed by atoms with Crippen LogP contribution < -0.4 is 0 Å². The van der Waals surface area contributed by atoms with E-state index in [1.807, 2.05) is 36.9 Å². The zero-order valence-corrected chi connectivity index (χ0v) is 13.0. The number of aliphatic hydroxyl groups is 1. The fourth-order valence-corrected chi connectivity index (χ4v) is 3.12. The molecule has 0 radical (unpaired) electrons. The van der Waals surface area contributed by atoms with E-state index >= 15 is 0 Å². The van der Waals surface area contributed by atoms with Crippen LogP contribution in [0.1, 0.15) is 42.1 Å². The van der Waals surface area contributed by atoms with Crippen LogP contribution in [-0.2, 0) is 0 Å². The van der Waals surface area contributed by atoms with Gasteiger partial charge in [-0.05, 0) is 56.9 Å². The molecule has 1 unspecified atom stereocenters. The maximum absolute atomic E-state index is 12.5. The number of aryl methyl sites for hydroxylation is 1. The fraction of sp³-hybridized carbons (Fsp3) is 0.533. The van der Waals surface area contributed by atoms with Crippen molar-refractivity contribution in [2.75, 3.05) is 13.1 Å². The predicted molar refractivity (Wildman–Crippen MR) is 79.3 cm³/mol. The van der Waals surface area contributed by atoms with Gasteiger partial charge in [0, 0.05) is 23.1 Å². The fourth-order valence-electron chi connectivity index (χ4n) is 2.51. The minimum Gasteiger partial charge on any atom is -0.390 e. The maximum Gasteiger partial charge on any atom is 0.253 e. The molecule has 0 aromatic heterocycles. The van der Waals surface area contributed by atoms with E-state index in [1.165, 1.54) is 0 Å². The summed E-state index contributed by atoms with van der Waals surface area (Å²) in [6.07, 6.45) is 2.26. The summed E-state index contributed by atoms with van der Waals surface area (Å²) in [5.41, 5.74) is 1.15. The van der Waals surface area contributed by atoms with Crippen molar-refractivity contribution in [3.63, 3.8) is 0 Å². The Bertz CT molecular complexity index is 465. The molecule has 1 N–H and O–H groups in total. The second kappa shape index (κ2) is 5.63. The zero-order chi connectivity index (χ0) is 14.0. The number of benzene rings is 1. The lowest BCUT2D eigenvalue weighted by molar-refractivity contribution is 0.0438. The van der Waals surface area contributed by atoms with Crippen LogP contribution in [0.2, 0.25) is 0 Å². The number of carbonyl (C=O) groups is 1. The van der Waals surface area contributed by atoms with Crippen LogP contribution in [0.15, 0.2) is 22.7 Å². The molecule has 4 heteroatoms. The Hall–Kier alpha value is -0.870. The number of carbonyl (C=O) groups excluding carboxylic acids is 1. The average molecular weight is 326 g/mol. The van der Waals surface area contributed by atoms with E-state index in [2.05, 4.69) is 15.9 Å². The summed E-state index contributed by atoms with van der Waals surface area (Å²) in [5, 5.41) is 10.1. The summed E-state index contributed by atoms with van der Waals surface area (Å²) >= 11 is 3.43. The number of nitrogens with zero attached hydrogens (tertiary/aromatic N) is 1. The maximum atomic E-state index is 12.5. The minimum atomic E-state index is -0.637. The molecule has 104 valence electrons. The highest BCUT2D eigenvalue weighted by atomic mass is 79.9. The van der Waals surface area contributed by atoms with Crippen LogP contribution in [0.3, 0.4) is 0 Å². The highest BCUT2D eigenvalue weighted by Gasteiger charge is 2.27. The Kier molecular flexibility index (Phi) is 4.31. The molecule has 1 atom stereocenters. The Morgan fingerprint density at radius 2 is 2.05 bits per heavy atom. The lowest BCUT2D eigenvalue weighted by Gasteiger charge is -2.23. The van der Waals surface area contributed by atoms with Crippen molar-refractivity contribution in [2.24, 2.45) is 0 Å². The standard InChI is InChI=1S/C15H20BrNO2/c1-11-8-12(10-13(16)9-11)14(18)17-6-3-4-15(2,19)5-7-17/h8-10,19H,3-7H2,1-2H3. The Balaban J connectivity index is 2.15. The van der Waals surface area contributed by atoms with Gasteiger partial charge in [0.1, 0.15) is 0 Å². The number of rotatable bonds is 1. The van der Waals surface area contributed by atoms with E-state index < -0.39 is 5.60 Å². The van der Waals surface area contributed by atoms with Crippen molar-refractivity contribution < 1.29 is 9.90 Å². The number of likely N-dealkylation sites (tertiary alicyclic amines) is 1. The van der Waals surface area contributed by atoms with E-state index in [4.69, 9.17) is 0 Å². The molecule has 1 aromatic rings. The highest BCUT2D eigenvalue weighted by molar-refractivity contribution is 9.10. The quantitative estimate of drug-likeness (QED) is 0.861. The van der Waals surface area contributed by atoms with Gasteiger partial charge in [0.05, 0.1) is 5.60 Å². The van der Waals surface area contributed by atoms with Gasteiger partial charge in [-0.15, -0.1) is 0 Å². The third kappa shape index (κ3) is 3.80. The second-order valence-electron chi connectivity index (χ2n) is 5.66. The largest absolute Gasteiger partial charge is 0.390 e. The minimum absolute atomic E-state index is 0.0575. The van der Waals surface area contributed by atoms with E-state index in [9.17, 15) is 9.90 Å². The van der Waals surface area contributed by atoms with Crippen molar-refractivity contribution in [3.8, 4) is 0 Å². The van der Waals surface area contributed by atoms with Crippen LogP contribution >= 0.6 is 15.9 Å². The molecule has 1 aliphatic heterocycles. The molecule has 0 saturated carbocycles. The summed E-state index contributed by atoms with van der Waals surface area (Å²) in [6.45, 7) is 5.18. The van der Waals surface area contributed by atoms with Gasteiger partial charge in [0.15, 0.2) is 0 Å². The van der Waals surface area contributed by atoms with Crippen molar-refractivity contribution in [1.29, 1.82) is 0 Å². The van der Waals surface area contributed by atoms with E-state index in [1.54, 1.807) is 0 Å². The van der Waals surface area contributed by atoms with Gasteiger partial charge in [-0.25, -0.2) is 0 Å². The monoisotopic (exact) mass is 325 g/mol. The first-order valence-electron chi connectivity index (χ1n) is 6.66. The third-order valence-corrected chi connectivity index (χ3v) is 4.10. The molecule has 1 heterocycles. The van der Waals surface area contributed by atoms with Gasteiger partial charge in [0.2, 0.25) is 0 Å². The van der Waals surface area contributed by atoms with Gasteiger partial charge < -0.3 is 10.0 Å². The molecular weight excluding hydrogens is 306 g/mol. The van der Waals surface area contributed by atoms with Crippen LogP contribution in [0.25, 0.3) is 0 Å². The van der Waals surface area contributed by atoms with Crippen molar-refractivity contribution >= 4 is 21.8 Å². The molecule has 0 spiro atoms. The second-order valence-corrected chi connectivity index (χ2v) is 6.58. The van der Waals surface area contributed by atoms with Gasteiger partial charge in [-0.3, -0.25) is 4.79 Å². The molecule has 1 saturated heterocycles. The van der Waals surface area contributed by atoms with Crippen LogP contribution in [0, 0.1) is 6.92 Å². The first-order valence-corrected chi connectivity index (χ1v) is 7.45. The van der Waals surface area contributed by atoms with Gasteiger partial charge in [-0.1, -0.05) is 15.9 Å². The van der Waals surface area contributed by atoms with Gasteiger partial charge in [-0.2, -0.15) is 0 Å².